The molecule has 1 saturated heterocycles. The van der Waals surface area contributed by atoms with Crippen LogP contribution in [-0.4, -0.2) is 44.9 Å². The maximum Gasteiger partial charge on any atom is 0.287 e. The summed E-state index contributed by atoms with van der Waals surface area (Å²) in [6.07, 6.45) is 0. The van der Waals surface area contributed by atoms with Gasteiger partial charge in [0.1, 0.15) is 9.79 Å². The molecular formula is C18H17BrN2O5S2. The van der Waals surface area contributed by atoms with Crippen LogP contribution in [0.3, 0.4) is 0 Å². The van der Waals surface area contributed by atoms with Crippen LogP contribution in [0, 0.1) is 0 Å². The van der Waals surface area contributed by atoms with Crippen LogP contribution in [0.25, 0.3) is 11.0 Å². The molecule has 1 aliphatic heterocycles. The number of carbonyl (C=O) groups excluding carboxylic acids is 1. The Morgan fingerprint density at radius 2 is 2.00 bits per heavy atom. The van der Waals surface area contributed by atoms with Crippen molar-refractivity contribution in [2.24, 2.45) is 0 Å². The fourth-order valence-electron chi connectivity index (χ4n) is 2.90. The number of nitrogens with one attached hydrogen (secondary N) is 1. The van der Waals surface area contributed by atoms with Crippen molar-refractivity contribution in [1.82, 2.24) is 9.62 Å². The van der Waals surface area contributed by atoms with Gasteiger partial charge in [-0.15, -0.1) is 11.3 Å². The van der Waals surface area contributed by atoms with E-state index in [9.17, 15) is 13.2 Å². The number of ether oxygens (including phenoxy) is 1. The molecule has 7 nitrogen and oxygen atoms in total. The summed E-state index contributed by atoms with van der Waals surface area (Å²) in [5.41, 5.74) is 0.614. The summed E-state index contributed by atoms with van der Waals surface area (Å²) < 4.78 is 38.6. The zero-order chi connectivity index (χ0) is 19.7. The first-order chi connectivity index (χ1) is 13.4. The van der Waals surface area contributed by atoms with Gasteiger partial charge in [0.15, 0.2) is 5.76 Å². The number of halogens is 1. The standard InChI is InChI=1S/C18H17BrN2O5S2/c19-14-3-1-2-12-10-15(26-17(12)14)18(22)20-11-13-4-5-16(27-13)28(23,24)21-6-8-25-9-7-21/h1-5,10H,6-9,11H2,(H,20,22). The number of hydrogen-bond donors (Lipinski definition) is 1. The first-order valence-corrected chi connectivity index (χ1v) is 11.6. The lowest BCUT2D eigenvalue weighted by atomic mass is 10.2. The zero-order valence-electron chi connectivity index (χ0n) is 14.7. The third-order valence-electron chi connectivity index (χ3n) is 4.34. The van der Waals surface area contributed by atoms with E-state index in [0.717, 1.165) is 26.1 Å². The molecule has 1 aliphatic rings. The SMILES string of the molecule is O=C(NCc1ccc(S(=O)(=O)N2CCOCC2)s1)c1cc2cccc(Br)c2o1. The highest BCUT2D eigenvalue weighted by molar-refractivity contribution is 9.10. The maximum atomic E-state index is 12.7. The van der Waals surface area contributed by atoms with Gasteiger partial charge < -0.3 is 14.5 Å². The van der Waals surface area contributed by atoms with Crippen LogP contribution in [-0.2, 0) is 21.3 Å². The van der Waals surface area contributed by atoms with Gasteiger partial charge in [-0.25, -0.2) is 8.42 Å². The topological polar surface area (TPSA) is 88.9 Å². The lowest BCUT2D eigenvalue weighted by Crippen LogP contribution is -2.40. The van der Waals surface area contributed by atoms with Crippen molar-refractivity contribution in [3.63, 3.8) is 0 Å². The van der Waals surface area contributed by atoms with Gasteiger partial charge in [0, 0.05) is 23.4 Å². The molecule has 0 atom stereocenters. The number of thiophene rings is 1. The van der Waals surface area contributed by atoms with Gasteiger partial charge in [0.25, 0.3) is 15.9 Å². The van der Waals surface area contributed by atoms with Gasteiger partial charge in [-0.05, 0) is 40.2 Å². The van der Waals surface area contributed by atoms with E-state index < -0.39 is 10.0 Å². The van der Waals surface area contributed by atoms with Gasteiger partial charge in [0.05, 0.1) is 24.2 Å². The largest absolute Gasteiger partial charge is 0.450 e. The third-order valence-corrected chi connectivity index (χ3v) is 8.42. The molecule has 4 rings (SSSR count). The number of nitrogens with zero attached hydrogens (tertiary/aromatic N) is 1. The van der Waals surface area contributed by atoms with Crippen LogP contribution in [0.2, 0.25) is 0 Å². The zero-order valence-corrected chi connectivity index (χ0v) is 17.9. The molecule has 0 unspecified atom stereocenters. The van der Waals surface area contributed by atoms with Gasteiger partial charge in [-0.1, -0.05) is 12.1 Å². The molecule has 1 N–H and O–H groups in total. The summed E-state index contributed by atoms with van der Waals surface area (Å²) in [5.74, 6) is -0.145. The molecule has 3 aromatic rings. The quantitative estimate of drug-likeness (QED) is 0.600. The lowest BCUT2D eigenvalue weighted by Gasteiger charge is -2.25. The van der Waals surface area contributed by atoms with E-state index in [1.165, 1.54) is 4.31 Å². The highest BCUT2D eigenvalue weighted by atomic mass is 79.9. The van der Waals surface area contributed by atoms with Crippen molar-refractivity contribution >= 4 is 54.2 Å². The number of benzene rings is 1. The van der Waals surface area contributed by atoms with E-state index in [-0.39, 0.29) is 22.4 Å². The van der Waals surface area contributed by atoms with Crippen molar-refractivity contribution in [1.29, 1.82) is 0 Å². The summed E-state index contributed by atoms with van der Waals surface area (Å²) >= 11 is 4.55. The summed E-state index contributed by atoms with van der Waals surface area (Å²) in [5, 5.41) is 3.60. The number of para-hydroxylation sites is 1. The number of hydrogen-bond acceptors (Lipinski definition) is 6. The molecule has 28 heavy (non-hydrogen) atoms. The number of sulfonamides is 1. The normalized spacial score (nSPS) is 15.8. The molecule has 10 heteroatoms. The van der Waals surface area contributed by atoms with Crippen LogP contribution in [0.5, 0.6) is 0 Å². The second-order valence-corrected chi connectivity index (χ2v) is 10.4. The predicted molar refractivity (Wildman–Crippen MR) is 109 cm³/mol. The molecule has 0 spiro atoms. The van der Waals surface area contributed by atoms with Gasteiger partial charge >= 0.3 is 0 Å². The Balaban J connectivity index is 1.43. The van der Waals surface area contributed by atoms with E-state index in [4.69, 9.17) is 9.15 Å². The Bertz CT molecular complexity index is 1120. The van der Waals surface area contributed by atoms with Crippen LogP contribution in [0.1, 0.15) is 15.4 Å². The molecule has 1 amide bonds. The number of amides is 1. The minimum Gasteiger partial charge on any atom is -0.450 e. The van der Waals surface area contributed by atoms with Crippen molar-refractivity contribution in [2.45, 2.75) is 10.8 Å². The Kier molecular flexibility index (Phi) is 5.57. The van der Waals surface area contributed by atoms with E-state index in [0.29, 0.717) is 31.9 Å². The van der Waals surface area contributed by atoms with Crippen molar-refractivity contribution in [3.05, 3.63) is 51.5 Å². The van der Waals surface area contributed by atoms with E-state index >= 15 is 0 Å². The molecule has 1 aromatic carbocycles. The number of rotatable bonds is 5. The second kappa shape index (κ2) is 7.96. The van der Waals surface area contributed by atoms with Crippen LogP contribution in [0.4, 0.5) is 0 Å². The van der Waals surface area contributed by atoms with E-state index in [1.807, 2.05) is 18.2 Å². The summed E-state index contributed by atoms with van der Waals surface area (Å²) in [6, 6.07) is 10.5. The molecule has 0 saturated carbocycles. The molecule has 0 aliphatic carbocycles. The summed E-state index contributed by atoms with van der Waals surface area (Å²) in [7, 11) is -3.52. The van der Waals surface area contributed by atoms with Gasteiger partial charge in [-0.3, -0.25) is 4.79 Å². The molecule has 2 aromatic heterocycles. The van der Waals surface area contributed by atoms with Crippen LogP contribution >= 0.6 is 27.3 Å². The molecule has 148 valence electrons. The van der Waals surface area contributed by atoms with E-state index in [2.05, 4.69) is 21.2 Å². The molecular weight excluding hydrogens is 468 g/mol. The van der Waals surface area contributed by atoms with Crippen LogP contribution in [0.15, 0.2) is 49.5 Å². The average molecular weight is 485 g/mol. The first-order valence-electron chi connectivity index (χ1n) is 8.58. The van der Waals surface area contributed by atoms with Gasteiger partial charge in [-0.2, -0.15) is 4.31 Å². The number of carbonyl (C=O) groups is 1. The van der Waals surface area contributed by atoms with Crippen molar-refractivity contribution in [3.8, 4) is 0 Å². The molecule has 0 bridgehead atoms. The number of fused-ring (bicyclic) bond motifs is 1. The Hall–Kier alpha value is -1.72. The Morgan fingerprint density at radius 1 is 1.21 bits per heavy atom. The minimum atomic E-state index is -3.52. The Labute approximate surface area is 174 Å². The predicted octanol–water partition coefficient (Wildman–Crippen LogP) is 3.21. The highest BCUT2D eigenvalue weighted by Gasteiger charge is 2.27. The first kappa shape index (κ1) is 19.6. The number of morpholine rings is 1. The summed E-state index contributed by atoms with van der Waals surface area (Å²) in [6.45, 7) is 1.74. The van der Waals surface area contributed by atoms with Crippen LogP contribution < -0.4 is 5.32 Å². The molecule has 0 radical (unpaired) electrons. The third kappa shape index (κ3) is 3.87. The second-order valence-electron chi connectivity index (χ2n) is 6.19. The number of furan rings is 1. The fourth-order valence-corrected chi connectivity index (χ4v) is 6.22. The Morgan fingerprint density at radius 3 is 2.75 bits per heavy atom. The van der Waals surface area contributed by atoms with Gasteiger partial charge in [0.2, 0.25) is 0 Å². The molecule has 1 fully saturated rings. The van der Waals surface area contributed by atoms with Crippen molar-refractivity contribution < 1.29 is 22.4 Å². The molecule has 3 heterocycles. The monoisotopic (exact) mass is 484 g/mol. The fraction of sp³-hybridized carbons (Fsp3) is 0.278. The van der Waals surface area contributed by atoms with Crippen molar-refractivity contribution in [2.75, 3.05) is 26.3 Å². The minimum absolute atomic E-state index is 0.208. The lowest BCUT2D eigenvalue weighted by molar-refractivity contribution is 0.0731. The summed E-state index contributed by atoms with van der Waals surface area (Å²) in [4.78, 5) is 13.1. The maximum absolute atomic E-state index is 12.7. The van der Waals surface area contributed by atoms with E-state index in [1.54, 1.807) is 18.2 Å². The highest BCUT2D eigenvalue weighted by Crippen LogP contribution is 2.28. The average Bonchev–Trinajstić information content (AvgIpc) is 3.35. The smallest absolute Gasteiger partial charge is 0.287 e.